The highest BCUT2D eigenvalue weighted by molar-refractivity contribution is 6.00. The normalized spacial score (nSPS) is 13.7. The fourth-order valence-corrected chi connectivity index (χ4v) is 4.24. The first-order chi connectivity index (χ1) is 17.5. The molecule has 4 aromatic rings. The van der Waals surface area contributed by atoms with Crippen LogP contribution in [0.3, 0.4) is 0 Å². The number of rotatable bonds is 8. The van der Waals surface area contributed by atoms with Gasteiger partial charge in [0.25, 0.3) is 5.91 Å². The maximum atomic E-state index is 12.4. The quantitative estimate of drug-likeness (QED) is 0.293. The lowest BCUT2D eigenvalue weighted by Gasteiger charge is -2.29. The molecule has 0 bridgehead atoms. The Balaban J connectivity index is 1.53. The zero-order valence-corrected chi connectivity index (χ0v) is 19.9. The van der Waals surface area contributed by atoms with E-state index in [9.17, 15) is 9.90 Å². The van der Waals surface area contributed by atoms with Gasteiger partial charge in [-0.15, -0.1) is 0 Å². The molecule has 11 heteroatoms. The highest BCUT2D eigenvalue weighted by Crippen LogP contribution is 2.33. The summed E-state index contributed by atoms with van der Waals surface area (Å²) in [7, 11) is 1.90. The van der Waals surface area contributed by atoms with E-state index in [1.165, 1.54) is 0 Å². The Kier molecular flexibility index (Phi) is 6.65. The van der Waals surface area contributed by atoms with E-state index in [-0.39, 0.29) is 24.7 Å². The standard InChI is InChI=1S/C25H28N8O3/c1-32-15-28-20-18(3-2-4-19(20)32)21-24(27-9-12-34)31-25(22(30-21)23(26)35)29-16-5-7-17(8-6-16)33-10-13-36-14-11-33/h2-8,15,34H,9-14H2,1H3,(H2,26,35)(H2,27,29,31). The smallest absolute Gasteiger partial charge is 0.271 e. The van der Waals surface area contributed by atoms with E-state index in [2.05, 4.69) is 30.5 Å². The predicted molar refractivity (Wildman–Crippen MR) is 139 cm³/mol. The van der Waals surface area contributed by atoms with Crippen molar-refractivity contribution in [2.45, 2.75) is 0 Å². The number of nitrogens with zero attached hydrogens (tertiary/aromatic N) is 5. The Labute approximate surface area is 207 Å². The average Bonchev–Trinajstić information content (AvgIpc) is 3.29. The molecule has 186 valence electrons. The van der Waals surface area contributed by atoms with Gasteiger partial charge in [-0.2, -0.15) is 0 Å². The van der Waals surface area contributed by atoms with Gasteiger partial charge in [0, 0.05) is 43.6 Å². The van der Waals surface area contributed by atoms with Crippen LogP contribution in [0.15, 0.2) is 48.8 Å². The number of nitrogens with one attached hydrogen (secondary N) is 2. The number of hydrogen-bond donors (Lipinski definition) is 4. The van der Waals surface area contributed by atoms with E-state index in [0.29, 0.717) is 30.3 Å². The van der Waals surface area contributed by atoms with Crippen LogP contribution in [0.4, 0.5) is 23.0 Å². The molecule has 1 aliphatic heterocycles. The second-order valence-corrected chi connectivity index (χ2v) is 8.43. The highest BCUT2D eigenvalue weighted by atomic mass is 16.5. The molecule has 0 saturated carbocycles. The number of anilines is 4. The molecule has 0 radical (unpaired) electrons. The van der Waals surface area contributed by atoms with Gasteiger partial charge in [0.2, 0.25) is 0 Å². The van der Waals surface area contributed by atoms with E-state index < -0.39 is 5.91 Å². The summed E-state index contributed by atoms with van der Waals surface area (Å²) in [4.78, 5) is 28.5. The third-order valence-corrected chi connectivity index (χ3v) is 6.05. The molecular formula is C25H28N8O3. The number of nitrogens with two attached hydrogens (primary N) is 1. The number of carbonyl (C=O) groups excluding carboxylic acids is 1. The number of ether oxygens (including phenoxy) is 1. The lowest BCUT2D eigenvalue weighted by Crippen LogP contribution is -2.36. The van der Waals surface area contributed by atoms with Crippen molar-refractivity contribution in [2.75, 3.05) is 55.0 Å². The fraction of sp³-hybridized carbons (Fsp3) is 0.280. The molecule has 0 atom stereocenters. The van der Waals surface area contributed by atoms with Gasteiger partial charge in [0.05, 0.1) is 37.2 Å². The Morgan fingerprint density at radius 2 is 1.89 bits per heavy atom. The van der Waals surface area contributed by atoms with Crippen LogP contribution in [0.25, 0.3) is 22.3 Å². The van der Waals surface area contributed by atoms with Crippen molar-refractivity contribution in [3.8, 4) is 11.3 Å². The van der Waals surface area contributed by atoms with Crippen molar-refractivity contribution in [3.63, 3.8) is 0 Å². The Morgan fingerprint density at radius 1 is 1.11 bits per heavy atom. The molecule has 11 nitrogen and oxygen atoms in total. The van der Waals surface area contributed by atoms with Crippen LogP contribution in [-0.2, 0) is 11.8 Å². The lowest BCUT2D eigenvalue weighted by atomic mass is 10.1. The number of benzene rings is 2. The van der Waals surface area contributed by atoms with Gasteiger partial charge in [0.1, 0.15) is 5.69 Å². The second-order valence-electron chi connectivity index (χ2n) is 8.43. The van der Waals surface area contributed by atoms with E-state index in [4.69, 9.17) is 10.5 Å². The zero-order valence-electron chi connectivity index (χ0n) is 19.9. The number of morpholine rings is 1. The third kappa shape index (κ3) is 4.66. The predicted octanol–water partition coefficient (Wildman–Crippen LogP) is 2.11. The summed E-state index contributed by atoms with van der Waals surface area (Å²) in [5.41, 5.74) is 10.3. The molecule has 5 rings (SSSR count). The summed E-state index contributed by atoms with van der Waals surface area (Å²) in [6, 6.07) is 13.6. The van der Waals surface area contributed by atoms with E-state index >= 15 is 0 Å². The monoisotopic (exact) mass is 488 g/mol. The molecular weight excluding hydrogens is 460 g/mol. The van der Waals surface area contributed by atoms with Gasteiger partial charge in [-0.25, -0.2) is 15.0 Å². The largest absolute Gasteiger partial charge is 0.395 e. The highest BCUT2D eigenvalue weighted by Gasteiger charge is 2.21. The van der Waals surface area contributed by atoms with E-state index in [1.807, 2.05) is 54.1 Å². The molecule has 1 aliphatic rings. The van der Waals surface area contributed by atoms with Crippen LogP contribution in [0.1, 0.15) is 10.5 Å². The Hall–Kier alpha value is -4.22. The van der Waals surface area contributed by atoms with Gasteiger partial charge >= 0.3 is 0 Å². The first-order valence-corrected chi connectivity index (χ1v) is 11.7. The number of aliphatic hydroxyl groups excluding tert-OH is 1. The number of aromatic nitrogens is 4. The number of hydrogen-bond acceptors (Lipinski definition) is 9. The van der Waals surface area contributed by atoms with Crippen LogP contribution < -0.4 is 21.3 Å². The average molecular weight is 489 g/mol. The SMILES string of the molecule is Cn1cnc2c(-c3nc(C(N)=O)c(Nc4ccc(N5CCOCC5)cc4)nc3NCCO)cccc21. The summed E-state index contributed by atoms with van der Waals surface area (Å²) in [6.07, 6.45) is 1.72. The molecule has 1 amide bonds. The first kappa shape index (κ1) is 23.5. The number of fused-ring (bicyclic) bond motifs is 1. The van der Waals surface area contributed by atoms with Gasteiger partial charge in [-0.05, 0) is 30.3 Å². The number of primary amides is 1. The van der Waals surface area contributed by atoms with Gasteiger partial charge < -0.3 is 35.7 Å². The molecule has 1 fully saturated rings. The zero-order chi connectivity index (χ0) is 25.1. The van der Waals surface area contributed by atoms with Crippen LogP contribution in [0, 0.1) is 0 Å². The first-order valence-electron chi connectivity index (χ1n) is 11.7. The topological polar surface area (TPSA) is 143 Å². The van der Waals surface area contributed by atoms with Crippen molar-refractivity contribution < 1.29 is 14.6 Å². The summed E-state index contributed by atoms with van der Waals surface area (Å²) < 4.78 is 7.33. The lowest BCUT2D eigenvalue weighted by molar-refractivity contribution is 0.0996. The number of amides is 1. The van der Waals surface area contributed by atoms with Crippen molar-refractivity contribution in [1.82, 2.24) is 19.5 Å². The van der Waals surface area contributed by atoms with Crippen molar-refractivity contribution in [2.24, 2.45) is 12.8 Å². The van der Waals surface area contributed by atoms with Gasteiger partial charge in [-0.1, -0.05) is 12.1 Å². The van der Waals surface area contributed by atoms with Crippen LogP contribution in [0.5, 0.6) is 0 Å². The number of aliphatic hydroxyl groups is 1. The fourth-order valence-electron chi connectivity index (χ4n) is 4.24. The maximum absolute atomic E-state index is 12.4. The second kappa shape index (κ2) is 10.2. The Bertz CT molecular complexity index is 1380. The molecule has 3 heterocycles. The number of imidazole rings is 1. The molecule has 0 unspecified atom stereocenters. The summed E-state index contributed by atoms with van der Waals surface area (Å²) in [5.74, 6) is -0.0864. The molecule has 5 N–H and O–H groups in total. The van der Waals surface area contributed by atoms with E-state index in [0.717, 1.165) is 35.5 Å². The number of carbonyl (C=O) groups is 1. The van der Waals surface area contributed by atoms with Crippen molar-refractivity contribution in [1.29, 1.82) is 0 Å². The van der Waals surface area contributed by atoms with Crippen molar-refractivity contribution >= 4 is 40.0 Å². The van der Waals surface area contributed by atoms with Crippen LogP contribution in [-0.4, -0.2) is 70.0 Å². The molecule has 36 heavy (non-hydrogen) atoms. The minimum atomic E-state index is -0.710. The number of aryl methyl sites for hydroxylation is 1. The summed E-state index contributed by atoms with van der Waals surface area (Å²) in [5, 5.41) is 15.7. The third-order valence-electron chi connectivity index (χ3n) is 6.05. The molecule has 2 aromatic carbocycles. The van der Waals surface area contributed by atoms with Crippen molar-refractivity contribution in [3.05, 3.63) is 54.5 Å². The Morgan fingerprint density at radius 3 is 2.61 bits per heavy atom. The van der Waals surface area contributed by atoms with Crippen LogP contribution >= 0.6 is 0 Å². The van der Waals surface area contributed by atoms with Crippen LogP contribution in [0.2, 0.25) is 0 Å². The van der Waals surface area contributed by atoms with Gasteiger partial charge in [0.15, 0.2) is 17.3 Å². The molecule has 0 aliphatic carbocycles. The molecule has 2 aromatic heterocycles. The maximum Gasteiger partial charge on any atom is 0.271 e. The summed E-state index contributed by atoms with van der Waals surface area (Å²) >= 11 is 0. The number of para-hydroxylation sites is 1. The summed E-state index contributed by atoms with van der Waals surface area (Å²) in [6.45, 7) is 3.25. The van der Waals surface area contributed by atoms with E-state index in [1.54, 1.807) is 6.33 Å². The minimum absolute atomic E-state index is 0.00439. The minimum Gasteiger partial charge on any atom is -0.395 e. The molecule has 0 spiro atoms. The molecule has 1 saturated heterocycles. The van der Waals surface area contributed by atoms with Gasteiger partial charge in [-0.3, -0.25) is 4.79 Å².